The van der Waals surface area contributed by atoms with Crippen LogP contribution < -0.4 is 20.5 Å². The molecule has 5 saturated heterocycles. The van der Waals surface area contributed by atoms with Crippen LogP contribution in [0.5, 0.6) is 11.8 Å². The predicted molar refractivity (Wildman–Crippen MR) is 166 cm³/mol. The molecule has 9 rings (SSSR count). The normalized spacial score (nSPS) is 25.8. The van der Waals surface area contributed by atoms with Crippen molar-refractivity contribution in [3.63, 3.8) is 0 Å². The lowest BCUT2D eigenvalue weighted by Crippen LogP contribution is -2.61. The van der Waals surface area contributed by atoms with Crippen LogP contribution in [0, 0.1) is 11.6 Å². The Morgan fingerprint density at radius 1 is 1.08 bits per heavy atom. The summed E-state index contributed by atoms with van der Waals surface area (Å²) in [4.78, 5) is 27.5. The second-order valence-corrected chi connectivity index (χ2v) is 13.4. The number of alkyl halides is 3. The summed E-state index contributed by atoms with van der Waals surface area (Å²) < 4.78 is 80.9. The fraction of sp³-hybridized carbons (Fsp3) is 0.485. The highest BCUT2D eigenvalue weighted by molar-refractivity contribution is 5.94. The number of fused-ring (bicyclic) bond motifs is 6. The molecule has 7 heterocycles. The van der Waals surface area contributed by atoms with Crippen LogP contribution in [-0.4, -0.2) is 86.2 Å². The van der Waals surface area contributed by atoms with Crippen molar-refractivity contribution in [2.45, 2.75) is 68.4 Å². The van der Waals surface area contributed by atoms with E-state index in [4.69, 9.17) is 4.74 Å². The number of hydrogen-bond acceptors (Lipinski definition) is 9. The summed E-state index contributed by atoms with van der Waals surface area (Å²) in [6, 6.07) is 4.30. The number of halogens is 5. The van der Waals surface area contributed by atoms with Crippen LogP contribution in [0.3, 0.4) is 0 Å². The number of pyridine rings is 1. The number of aromatic hydroxyl groups is 1. The zero-order valence-electron chi connectivity index (χ0n) is 25.7. The van der Waals surface area contributed by atoms with E-state index in [1.807, 2.05) is 4.90 Å². The van der Waals surface area contributed by atoms with Gasteiger partial charge in [-0.2, -0.15) is 23.1 Å². The minimum absolute atomic E-state index is 0.00378. The van der Waals surface area contributed by atoms with E-state index in [0.29, 0.717) is 13.1 Å². The van der Waals surface area contributed by atoms with Crippen molar-refractivity contribution in [1.82, 2.24) is 24.8 Å². The van der Waals surface area contributed by atoms with Gasteiger partial charge in [-0.05, 0) is 68.7 Å². The van der Waals surface area contributed by atoms with Gasteiger partial charge in [-0.3, -0.25) is 14.3 Å². The molecule has 48 heavy (non-hydrogen) atoms. The van der Waals surface area contributed by atoms with Crippen LogP contribution in [0.15, 0.2) is 35.1 Å². The number of ether oxygens (including phenoxy) is 1. The number of hydrogen-bond donors (Lipinski definition) is 3. The van der Waals surface area contributed by atoms with Crippen molar-refractivity contribution in [3.05, 3.63) is 58.0 Å². The fourth-order valence-electron chi connectivity index (χ4n) is 8.39. The third-order valence-corrected chi connectivity index (χ3v) is 10.7. The molecule has 4 aromatic rings. The number of piperidine rings is 2. The largest absolute Gasteiger partial charge is 0.508 e. The number of aliphatic hydroxyl groups excluding tert-OH is 1. The molecule has 2 unspecified atom stereocenters. The van der Waals surface area contributed by atoms with Gasteiger partial charge in [0.15, 0.2) is 11.6 Å². The summed E-state index contributed by atoms with van der Waals surface area (Å²) in [7, 11) is 0. The number of aliphatic hydroxyl groups is 1. The summed E-state index contributed by atoms with van der Waals surface area (Å²) in [5, 5.41) is 22.9. The zero-order chi connectivity index (χ0) is 33.5. The van der Waals surface area contributed by atoms with Gasteiger partial charge in [0, 0.05) is 42.7 Å². The van der Waals surface area contributed by atoms with Crippen molar-refractivity contribution in [2.24, 2.45) is 0 Å². The molecular formula is C33H33F5N6O4. The maximum absolute atomic E-state index is 15.3. The highest BCUT2D eigenvalue weighted by atomic mass is 19.4. The predicted octanol–water partition coefficient (Wildman–Crippen LogP) is 4.25. The Labute approximate surface area is 270 Å². The van der Waals surface area contributed by atoms with Gasteiger partial charge in [-0.25, -0.2) is 8.78 Å². The molecule has 10 nitrogen and oxygen atoms in total. The Hall–Kier alpha value is -4.08. The van der Waals surface area contributed by atoms with E-state index < -0.39 is 51.4 Å². The van der Waals surface area contributed by atoms with Crippen LogP contribution in [0.1, 0.15) is 44.2 Å². The van der Waals surface area contributed by atoms with Gasteiger partial charge in [0.1, 0.15) is 29.4 Å². The molecule has 0 aliphatic carbocycles. The van der Waals surface area contributed by atoms with Crippen molar-refractivity contribution < 1.29 is 36.9 Å². The van der Waals surface area contributed by atoms with Crippen LogP contribution in [0.25, 0.3) is 27.4 Å². The molecular weight excluding hydrogens is 639 g/mol. The number of piperazine rings is 1. The Morgan fingerprint density at radius 2 is 1.92 bits per heavy atom. The van der Waals surface area contributed by atoms with Crippen molar-refractivity contribution >= 4 is 27.5 Å². The van der Waals surface area contributed by atoms with Crippen LogP contribution in [0.4, 0.5) is 27.8 Å². The first-order valence-corrected chi connectivity index (χ1v) is 16.1. The maximum atomic E-state index is 15.3. The molecule has 2 bridgehead atoms. The van der Waals surface area contributed by atoms with E-state index in [0.717, 1.165) is 75.4 Å². The number of anilines is 1. The topological polar surface area (TPSA) is 116 Å². The third-order valence-electron chi connectivity index (χ3n) is 10.7. The summed E-state index contributed by atoms with van der Waals surface area (Å²) in [6.45, 7) is 1.98. The molecule has 5 fully saturated rings. The average Bonchev–Trinajstić information content (AvgIpc) is 3.64. The number of phenolic OH excluding ortho intramolecular Hbond substituents is 1. The fourth-order valence-corrected chi connectivity index (χ4v) is 8.39. The molecule has 0 saturated carbocycles. The van der Waals surface area contributed by atoms with Gasteiger partial charge in [-0.1, -0.05) is 6.07 Å². The third kappa shape index (κ3) is 4.88. The summed E-state index contributed by atoms with van der Waals surface area (Å²) in [6.07, 6.45) is -0.204. The minimum Gasteiger partial charge on any atom is -0.508 e. The lowest BCUT2D eigenvalue weighted by Gasteiger charge is -2.46. The van der Waals surface area contributed by atoms with Gasteiger partial charge in [0.2, 0.25) is 0 Å². The molecule has 2 aromatic heterocycles. The smallest absolute Gasteiger partial charge is 0.431 e. The van der Waals surface area contributed by atoms with E-state index in [2.05, 4.69) is 20.2 Å². The molecule has 5 aliphatic heterocycles. The Kier molecular flexibility index (Phi) is 7.31. The Bertz CT molecular complexity index is 2000. The molecule has 0 spiro atoms. The van der Waals surface area contributed by atoms with Crippen molar-refractivity contribution in [1.29, 1.82) is 0 Å². The van der Waals surface area contributed by atoms with E-state index in [1.165, 1.54) is 0 Å². The van der Waals surface area contributed by atoms with Gasteiger partial charge >= 0.3 is 12.2 Å². The van der Waals surface area contributed by atoms with Crippen LogP contribution in [-0.2, 0) is 6.18 Å². The highest BCUT2D eigenvalue weighted by Gasteiger charge is 2.50. The number of benzene rings is 2. The summed E-state index contributed by atoms with van der Waals surface area (Å²) in [5.74, 6) is -3.23. The molecule has 0 amide bonds. The summed E-state index contributed by atoms with van der Waals surface area (Å²) >= 11 is 0. The summed E-state index contributed by atoms with van der Waals surface area (Å²) in [5.41, 5.74) is -4.18. The van der Waals surface area contributed by atoms with Crippen molar-refractivity contribution in [2.75, 3.05) is 37.7 Å². The van der Waals surface area contributed by atoms with E-state index in [-0.39, 0.29) is 64.0 Å². The van der Waals surface area contributed by atoms with Crippen molar-refractivity contribution in [3.8, 4) is 17.4 Å². The molecule has 2 aromatic carbocycles. The van der Waals surface area contributed by atoms with E-state index in [1.54, 1.807) is 0 Å². The molecule has 254 valence electrons. The standard InChI is InChI=1S/C33H33F5N6O4/c34-23-5-2-17-10-21(46)11-24(26(17)27(23)35)44-25(33(36,37)38)12-22-28(30(44)47)40-31(41-29(22)42-14-18-3-4-19(42)13-39-18)48-16-32-7-1-9-43(32)20(15-45)6-8-32/h2,5,10-12,18-20,39,45-46H,1,3-4,6-9,13-16H2/t18?,19?,20-,32-/m1/s1. The number of nitrogens with one attached hydrogen (secondary N) is 1. The minimum atomic E-state index is -5.14. The molecule has 15 heteroatoms. The van der Waals surface area contributed by atoms with Gasteiger partial charge in [0.05, 0.1) is 23.2 Å². The zero-order valence-corrected chi connectivity index (χ0v) is 25.7. The first-order chi connectivity index (χ1) is 23.0. The number of rotatable bonds is 6. The molecule has 3 N–H and O–H groups in total. The molecule has 4 atom stereocenters. The first-order valence-electron chi connectivity index (χ1n) is 16.1. The van der Waals surface area contributed by atoms with Gasteiger partial charge in [-0.15, -0.1) is 0 Å². The van der Waals surface area contributed by atoms with E-state index >= 15 is 4.39 Å². The molecule has 0 radical (unpaired) electrons. The number of phenols is 1. The Morgan fingerprint density at radius 3 is 2.62 bits per heavy atom. The van der Waals surface area contributed by atoms with E-state index in [9.17, 15) is 32.6 Å². The van der Waals surface area contributed by atoms with Crippen LogP contribution >= 0.6 is 0 Å². The molecule has 5 aliphatic rings. The lowest BCUT2D eigenvalue weighted by atomic mass is 9.93. The number of aromatic nitrogens is 3. The lowest BCUT2D eigenvalue weighted by molar-refractivity contribution is -0.142. The quantitative estimate of drug-likeness (QED) is 0.259. The first kappa shape index (κ1) is 31.2. The highest BCUT2D eigenvalue weighted by Crippen LogP contribution is 2.43. The van der Waals surface area contributed by atoms with Gasteiger partial charge < -0.3 is 25.2 Å². The average molecular weight is 673 g/mol. The monoisotopic (exact) mass is 672 g/mol. The maximum Gasteiger partial charge on any atom is 0.431 e. The number of nitrogens with zero attached hydrogens (tertiary/aromatic N) is 5. The second-order valence-electron chi connectivity index (χ2n) is 13.4. The SMILES string of the molecule is O=c1c2nc(OC[C@]34CCCN3[C@@H](CO)CC4)nc(N3CC4CCC3CN4)c2cc(C(F)(F)F)n1-c1cc(O)cc2ccc(F)c(F)c12. The Balaban J connectivity index is 1.35. The van der Waals surface area contributed by atoms with Crippen LogP contribution in [0.2, 0.25) is 0 Å². The van der Waals surface area contributed by atoms with Gasteiger partial charge in [0.25, 0.3) is 5.56 Å². The second kappa shape index (κ2) is 11.2.